The van der Waals surface area contributed by atoms with E-state index in [2.05, 4.69) is 9.97 Å². The van der Waals surface area contributed by atoms with Crippen molar-refractivity contribution in [3.8, 4) is 0 Å². The van der Waals surface area contributed by atoms with E-state index in [0.717, 1.165) is 16.5 Å². The van der Waals surface area contributed by atoms with Crippen LogP contribution in [-0.4, -0.2) is 59.9 Å². The van der Waals surface area contributed by atoms with Gasteiger partial charge in [-0.2, -0.15) is 11.8 Å². The summed E-state index contributed by atoms with van der Waals surface area (Å²) < 4.78 is 6.10. The van der Waals surface area contributed by atoms with Crippen molar-refractivity contribution in [1.29, 1.82) is 0 Å². The van der Waals surface area contributed by atoms with Crippen LogP contribution in [0.15, 0.2) is 22.7 Å². The number of fused-ring (bicyclic) bond motifs is 6. The molecule has 11 heteroatoms. The number of nitrogens with zero attached hydrogens (tertiary/aromatic N) is 3. The topological polar surface area (TPSA) is 156 Å². The van der Waals surface area contributed by atoms with Crippen molar-refractivity contribution in [2.75, 3.05) is 12.0 Å². The number of benzene rings is 1. The minimum atomic E-state index is -1.43. The van der Waals surface area contributed by atoms with Gasteiger partial charge < -0.3 is 19.7 Å². The van der Waals surface area contributed by atoms with Gasteiger partial charge >= 0.3 is 23.9 Å². The second kappa shape index (κ2) is 6.78. The highest BCUT2D eigenvalue weighted by atomic mass is 32.2. The zero-order valence-corrected chi connectivity index (χ0v) is 15.7. The summed E-state index contributed by atoms with van der Waals surface area (Å²) in [5.74, 6) is -2.65. The standard InChI is InChI=1S/C18H13N3O7S/c1-29-5-4-7-2-3-8-11(19-7)12-14(28-15(20-12)17(24)25)10-9(16(22)23)6-21(13(8)10)18(26)27/h2-3,6H,4-5H2,1H3,(H,22,23)(H,24,25)(H,26,27). The monoisotopic (exact) mass is 415 g/mol. The average molecular weight is 415 g/mol. The summed E-state index contributed by atoms with van der Waals surface area (Å²) in [7, 11) is 0. The maximum atomic E-state index is 11.8. The van der Waals surface area contributed by atoms with Gasteiger partial charge in [-0.3, -0.25) is 9.55 Å². The third-order valence-electron chi connectivity index (χ3n) is 4.47. The van der Waals surface area contributed by atoms with E-state index in [0.29, 0.717) is 17.5 Å². The SMILES string of the molecule is CSCCc1ccc2c(n1)c1nc(C(=O)O)oc1c1c(C(=O)O)cn(C(=O)O)c21. The van der Waals surface area contributed by atoms with Crippen molar-refractivity contribution in [1.82, 2.24) is 14.5 Å². The number of hydrogen-bond acceptors (Lipinski definition) is 7. The second-order valence-corrected chi connectivity index (χ2v) is 7.15. The lowest BCUT2D eigenvalue weighted by Crippen LogP contribution is -2.06. The molecular weight excluding hydrogens is 402 g/mol. The van der Waals surface area contributed by atoms with Crippen molar-refractivity contribution in [3.63, 3.8) is 0 Å². The van der Waals surface area contributed by atoms with Crippen LogP contribution in [0.4, 0.5) is 4.79 Å². The lowest BCUT2D eigenvalue weighted by atomic mass is 10.1. The van der Waals surface area contributed by atoms with Crippen molar-refractivity contribution in [2.24, 2.45) is 0 Å². The largest absolute Gasteiger partial charge is 0.478 e. The Morgan fingerprint density at radius 2 is 1.86 bits per heavy atom. The molecule has 0 unspecified atom stereocenters. The number of thioether (sulfide) groups is 1. The molecule has 4 rings (SSSR count). The third kappa shape index (κ3) is 2.86. The van der Waals surface area contributed by atoms with E-state index in [1.165, 1.54) is 0 Å². The molecule has 0 aliphatic carbocycles. The smallest absolute Gasteiger partial charge is 0.416 e. The fourth-order valence-electron chi connectivity index (χ4n) is 3.27. The highest BCUT2D eigenvalue weighted by Crippen LogP contribution is 2.37. The summed E-state index contributed by atoms with van der Waals surface area (Å²) >= 11 is 1.63. The Kier molecular flexibility index (Phi) is 4.38. The summed E-state index contributed by atoms with van der Waals surface area (Å²) in [5, 5.41) is 28.7. The van der Waals surface area contributed by atoms with E-state index in [1.807, 2.05) is 6.26 Å². The van der Waals surface area contributed by atoms with Gasteiger partial charge in [0, 0.05) is 17.3 Å². The van der Waals surface area contributed by atoms with Gasteiger partial charge in [0.25, 0.3) is 0 Å². The molecule has 4 aromatic rings. The molecule has 0 atom stereocenters. The first kappa shape index (κ1) is 18.7. The van der Waals surface area contributed by atoms with Gasteiger partial charge in [0.2, 0.25) is 0 Å². The molecule has 3 aromatic heterocycles. The minimum Gasteiger partial charge on any atom is -0.478 e. The van der Waals surface area contributed by atoms with Gasteiger partial charge in [-0.1, -0.05) is 0 Å². The van der Waals surface area contributed by atoms with Crippen LogP contribution < -0.4 is 0 Å². The Morgan fingerprint density at radius 1 is 1.10 bits per heavy atom. The number of oxazole rings is 1. The Bertz CT molecular complexity index is 1340. The van der Waals surface area contributed by atoms with Gasteiger partial charge in [0.05, 0.1) is 16.5 Å². The summed E-state index contributed by atoms with van der Waals surface area (Å²) in [6, 6.07) is 3.36. The molecule has 0 saturated heterocycles. The van der Waals surface area contributed by atoms with Crippen LogP contribution in [-0.2, 0) is 6.42 Å². The van der Waals surface area contributed by atoms with Crippen molar-refractivity contribution >= 4 is 62.7 Å². The van der Waals surface area contributed by atoms with Crippen LogP contribution >= 0.6 is 11.8 Å². The maximum absolute atomic E-state index is 11.8. The molecule has 0 radical (unpaired) electrons. The zero-order valence-electron chi connectivity index (χ0n) is 14.9. The summed E-state index contributed by atoms with van der Waals surface area (Å²) in [6.07, 6.45) is 2.15. The number of rotatable bonds is 5. The molecule has 0 amide bonds. The predicted octanol–water partition coefficient (Wildman–Crippen LogP) is 3.16. The Labute approximate surface area is 165 Å². The summed E-state index contributed by atoms with van der Waals surface area (Å²) in [5.41, 5.74) is 0.612. The Hall–Kier alpha value is -3.60. The molecule has 1 aromatic carbocycles. The van der Waals surface area contributed by atoms with E-state index in [9.17, 15) is 29.7 Å². The van der Waals surface area contributed by atoms with Gasteiger partial charge in [0.1, 0.15) is 11.0 Å². The molecule has 3 heterocycles. The van der Waals surface area contributed by atoms with Gasteiger partial charge in [0.15, 0.2) is 5.58 Å². The third-order valence-corrected chi connectivity index (χ3v) is 5.09. The number of carboxylic acid groups (broad SMARTS) is 3. The van der Waals surface area contributed by atoms with Crippen LogP contribution in [0, 0.1) is 0 Å². The fraction of sp³-hybridized carbons (Fsp3) is 0.167. The fourth-order valence-corrected chi connectivity index (χ4v) is 3.69. The lowest BCUT2D eigenvalue weighted by molar-refractivity contribution is 0.0654. The number of aromatic nitrogens is 3. The highest BCUT2D eigenvalue weighted by Gasteiger charge is 2.27. The van der Waals surface area contributed by atoms with Crippen molar-refractivity contribution < 1.29 is 34.1 Å². The van der Waals surface area contributed by atoms with E-state index in [4.69, 9.17) is 4.42 Å². The van der Waals surface area contributed by atoms with E-state index in [1.54, 1.807) is 23.9 Å². The molecule has 29 heavy (non-hydrogen) atoms. The molecule has 10 nitrogen and oxygen atoms in total. The predicted molar refractivity (Wildman–Crippen MR) is 104 cm³/mol. The average Bonchev–Trinajstić information content (AvgIpc) is 3.28. The number of aromatic carboxylic acids is 2. The van der Waals surface area contributed by atoms with Gasteiger partial charge in [-0.15, -0.1) is 0 Å². The van der Waals surface area contributed by atoms with E-state index in [-0.39, 0.29) is 33.1 Å². The number of pyridine rings is 1. The molecule has 0 fully saturated rings. The van der Waals surface area contributed by atoms with E-state index >= 15 is 0 Å². The first-order valence-corrected chi connectivity index (χ1v) is 9.68. The summed E-state index contributed by atoms with van der Waals surface area (Å²) in [4.78, 5) is 43.4. The Morgan fingerprint density at radius 3 is 2.48 bits per heavy atom. The number of aryl methyl sites for hydroxylation is 1. The maximum Gasteiger partial charge on any atom is 0.416 e. The first-order chi connectivity index (χ1) is 13.8. The minimum absolute atomic E-state index is 0.0407. The first-order valence-electron chi connectivity index (χ1n) is 8.29. The lowest BCUT2D eigenvalue weighted by Gasteiger charge is -2.06. The number of carboxylic acids is 2. The number of carbonyl (C=O) groups is 3. The molecule has 148 valence electrons. The van der Waals surface area contributed by atoms with Gasteiger partial charge in [-0.05, 0) is 30.6 Å². The van der Waals surface area contributed by atoms with Crippen LogP contribution in [0.5, 0.6) is 0 Å². The highest BCUT2D eigenvalue weighted by molar-refractivity contribution is 7.98. The molecule has 0 aliphatic heterocycles. The van der Waals surface area contributed by atoms with Crippen LogP contribution in [0.1, 0.15) is 26.7 Å². The quantitative estimate of drug-likeness (QED) is 0.442. The molecule has 0 saturated carbocycles. The van der Waals surface area contributed by atoms with Crippen LogP contribution in [0.25, 0.3) is 32.9 Å². The van der Waals surface area contributed by atoms with Crippen molar-refractivity contribution in [3.05, 3.63) is 35.5 Å². The second-order valence-electron chi connectivity index (χ2n) is 6.17. The molecule has 0 spiro atoms. The molecule has 0 bridgehead atoms. The van der Waals surface area contributed by atoms with Crippen LogP contribution in [0.3, 0.4) is 0 Å². The Balaban J connectivity index is 2.23. The van der Waals surface area contributed by atoms with Gasteiger partial charge in [-0.25, -0.2) is 19.4 Å². The molecule has 0 aliphatic rings. The summed E-state index contributed by atoms with van der Waals surface area (Å²) in [6.45, 7) is 0. The molecular formula is C18H13N3O7S. The van der Waals surface area contributed by atoms with Crippen molar-refractivity contribution in [2.45, 2.75) is 6.42 Å². The van der Waals surface area contributed by atoms with E-state index < -0.39 is 23.9 Å². The molecule has 3 N–H and O–H groups in total. The zero-order chi connectivity index (χ0) is 20.9. The normalized spacial score (nSPS) is 11.5. The van der Waals surface area contributed by atoms with Crippen LogP contribution in [0.2, 0.25) is 0 Å². The number of hydrogen-bond donors (Lipinski definition) is 3.